The van der Waals surface area contributed by atoms with Gasteiger partial charge < -0.3 is 4.74 Å². The maximum atomic E-state index is 12.4. The van der Waals surface area contributed by atoms with Gasteiger partial charge in [-0.15, -0.1) is 0 Å². The van der Waals surface area contributed by atoms with Gasteiger partial charge in [0.1, 0.15) is 0 Å². The molecule has 0 aromatic rings. The summed E-state index contributed by atoms with van der Waals surface area (Å²) in [5, 5.41) is 0. The van der Waals surface area contributed by atoms with Crippen molar-refractivity contribution >= 4 is 5.97 Å². The van der Waals surface area contributed by atoms with Gasteiger partial charge in [-0.05, 0) is 25.2 Å². The van der Waals surface area contributed by atoms with Crippen LogP contribution in [-0.4, -0.2) is 12.6 Å². The first-order valence-corrected chi connectivity index (χ1v) is 20.9. The molecule has 0 heterocycles. The summed E-state index contributed by atoms with van der Waals surface area (Å²) in [6.07, 6.45) is 48.7. The number of hydrogen-bond donors (Lipinski definition) is 0. The van der Waals surface area contributed by atoms with E-state index < -0.39 is 0 Å². The first-order chi connectivity index (χ1) is 21.7. The van der Waals surface area contributed by atoms with Gasteiger partial charge in [-0.1, -0.05) is 226 Å². The van der Waals surface area contributed by atoms with Crippen molar-refractivity contribution in [2.24, 2.45) is 5.92 Å². The number of hydrogen-bond acceptors (Lipinski definition) is 2. The zero-order valence-electron chi connectivity index (χ0n) is 31.1. The highest BCUT2D eigenvalue weighted by Crippen LogP contribution is 2.21. The van der Waals surface area contributed by atoms with Crippen LogP contribution in [0.25, 0.3) is 0 Å². The van der Waals surface area contributed by atoms with Crippen molar-refractivity contribution in [3.63, 3.8) is 0 Å². The quantitative estimate of drug-likeness (QED) is 0.0507. The molecule has 0 aliphatic carbocycles. The van der Waals surface area contributed by atoms with Crippen LogP contribution in [0.5, 0.6) is 0 Å². The molecule has 0 aromatic carbocycles. The van der Waals surface area contributed by atoms with Crippen molar-refractivity contribution in [1.82, 2.24) is 0 Å². The Bertz CT molecular complexity index is 498. The van der Waals surface area contributed by atoms with Crippen LogP contribution in [0.2, 0.25) is 0 Å². The number of esters is 1. The molecule has 0 aromatic heterocycles. The van der Waals surface area contributed by atoms with E-state index in [1.165, 1.54) is 218 Å². The van der Waals surface area contributed by atoms with E-state index in [9.17, 15) is 4.79 Å². The van der Waals surface area contributed by atoms with E-state index in [0.29, 0.717) is 18.9 Å². The van der Waals surface area contributed by atoms with E-state index in [-0.39, 0.29) is 5.97 Å². The molecule has 0 rings (SSSR count). The van der Waals surface area contributed by atoms with Gasteiger partial charge in [0, 0.05) is 6.42 Å². The molecule has 0 spiro atoms. The zero-order valence-corrected chi connectivity index (χ0v) is 31.1. The summed E-state index contributed by atoms with van der Waals surface area (Å²) in [5.41, 5.74) is 0. The van der Waals surface area contributed by atoms with Gasteiger partial charge >= 0.3 is 5.97 Å². The van der Waals surface area contributed by atoms with Gasteiger partial charge in [-0.3, -0.25) is 4.79 Å². The average Bonchev–Trinajstić information content (AvgIpc) is 3.03. The minimum atomic E-state index is 0.0495. The standard InChI is InChI=1S/C42H84O2/c1-4-7-10-13-15-17-19-21-23-25-27-29-32-34-37-41(40-44-42(43)39-36-31-12-9-6-3)38-35-33-30-28-26-24-22-20-18-16-14-11-8-5-2/h41H,4-40H2,1-3H3. The van der Waals surface area contributed by atoms with Crippen LogP contribution in [-0.2, 0) is 9.53 Å². The Morgan fingerprint density at radius 3 is 0.909 bits per heavy atom. The van der Waals surface area contributed by atoms with Crippen LogP contribution in [0.3, 0.4) is 0 Å². The Balaban J connectivity index is 3.95. The molecule has 0 atom stereocenters. The molecule has 0 saturated heterocycles. The molecule has 0 saturated carbocycles. The maximum absolute atomic E-state index is 12.4. The third-order valence-electron chi connectivity index (χ3n) is 9.90. The maximum Gasteiger partial charge on any atom is 0.305 e. The van der Waals surface area contributed by atoms with Crippen LogP contribution in [0.4, 0.5) is 0 Å². The third-order valence-corrected chi connectivity index (χ3v) is 9.90. The van der Waals surface area contributed by atoms with Gasteiger partial charge in [0.2, 0.25) is 0 Å². The van der Waals surface area contributed by atoms with Crippen LogP contribution >= 0.6 is 0 Å². The largest absolute Gasteiger partial charge is 0.465 e. The highest BCUT2D eigenvalue weighted by molar-refractivity contribution is 5.69. The van der Waals surface area contributed by atoms with E-state index in [1.54, 1.807) is 0 Å². The average molecular weight is 621 g/mol. The molecular weight excluding hydrogens is 536 g/mol. The Morgan fingerprint density at radius 2 is 0.614 bits per heavy atom. The van der Waals surface area contributed by atoms with E-state index in [2.05, 4.69) is 20.8 Å². The lowest BCUT2D eigenvalue weighted by Gasteiger charge is -2.17. The molecule has 0 fully saturated rings. The predicted octanol–water partition coefficient (Wildman–Crippen LogP) is 15.2. The summed E-state index contributed by atoms with van der Waals surface area (Å²) < 4.78 is 5.81. The fourth-order valence-electron chi connectivity index (χ4n) is 6.72. The summed E-state index contributed by atoms with van der Waals surface area (Å²) in [6.45, 7) is 7.51. The second-order valence-corrected chi connectivity index (χ2v) is 14.5. The molecule has 0 aliphatic heterocycles. The van der Waals surface area contributed by atoms with E-state index in [4.69, 9.17) is 4.74 Å². The second-order valence-electron chi connectivity index (χ2n) is 14.5. The van der Waals surface area contributed by atoms with Crippen molar-refractivity contribution in [2.45, 2.75) is 252 Å². The zero-order chi connectivity index (χ0) is 32.0. The molecular formula is C42H84O2. The fourth-order valence-corrected chi connectivity index (χ4v) is 6.72. The van der Waals surface area contributed by atoms with Gasteiger partial charge in [-0.25, -0.2) is 0 Å². The van der Waals surface area contributed by atoms with Gasteiger partial charge in [-0.2, -0.15) is 0 Å². The Labute approximate surface area is 279 Å². The number of carbonyl (C=O) groups excluding carboxylic acids is 1. The summed E-state index contributed by atoms with van der Waals surface area (Å²) >= 11 is 0. The highest BCUT2D eigenvalue weighted by atomic mass is 16.5. The van der Waals surface area contributed by atoms with Crippen LogP contribution in [0.1, 0.15) is 252 Å². The molecule has 0 aliphatic rings. The Morgan fingerprint density at radius 1 is 0.364 bits per heavy atom. The molecule has 0 amide bonds. The molecule has 0 radical (unpaired) electrons. The number of unbranched alkanes of at least 4 members (excludes halogenated alkanes) is 30. The van der Waals surface area contributed by atoms with Crippen LogP contribution in [0.15, 0.2) is 0 Å². The first kappa shape index (κ1) is 43.5. The number of ether oxygens (including phenoxy) is 1. The van der Waals surface area contributed by atoms with Crippen molar-refractivity contribution < 1.29 is 9.53 Å². The summed E-state index contributed by atoms with van der Waals surface area (Å²) in [7, 11) is 0. The lowest BCUT2D eigenvalue weighted by atomic mass is 9.94. The van der Waals surface area contributed by atoms with Crippen molar-refractivity contribution in [1.29, 1.82) is 0 Å². The van der Waals surface area contributed by atoms with E-state index >= 15 is 0 Å². The van der Waals surface area contributed by atoms with Crippen molar-refractivity contribution in [3.05, 3.63) is 0 Å². The lowest BCUT2D eigenvalue weighted by Crippen LogP contribution is -2.14. The summed E-state index contributed by atoms with van der Waals surface area (Å²) in [5.74, 6) is 0.627. The number of carbonyl (C=O) groups is 1. The predicted molar refractivity (Wildman–Crippen MR) is 198 cm³/mol. The molecule has 0 unspecified atom stereocenters. The molecule has 2 heteroatoms. The molecule has 44 heavy (non-hydrogen) atoms. The monoisotopic (exact) mass is 621 g/mol. The number of rotatable bonds is 38. The molecule has 264 valence electrons. The Hall–Kier alpha value is -0.530. The molecule has 0 bridgehead atoms. The fraction of sp³-hybridized carbons (Fsp3) is 0.976. The van der Waals surface area contributed by atoms with Crippen LogP contribution < -0.4 is 0 Å². The van der Waals surface area contributed by atoms with E-state index in [1.807, 2.05) is 0 Å². The van der Waals surface area contributed by atoms with Gasteiger partial charge in [0.05, 0.1) is 6.61 Å². The Kier molecular flexibility index (Phi) is 38.2. The van der Waals surface area contributed by atoms with Crippen molar-refractivity contribution in [3.8, 4) is 0 Å². The summed E-state index contributed by atoms with van der Waals surface area (Å²) in [6, 6.07) is 0. The van der Waals surface area contributed by atoms with E-state index in [0.717, 1.165) is 6.42 Å². The molecule has 0 N–H and O–H groups in total. The van der Waals surface area contributed by atoms with Crippen molar-refractivity contribution in [2.75, 3.05) is 6.61 Å². The minimum absolute atomic E-state index is 0.0495. The van der Waals surface area contributed by atoms with Gasteiger partial charge in [0.15, 0.2) is 0 Å². The normalized spacial score (nSPS) is 11.5. The SMILES string of the molecule is CCCCCCCCCCCCCCCCC(CCCCCCCCCCCCCCCC)COC(=O)CCCCCCC. The van der Waals surface area contributed by atoms with Gasteiger partial charge in [0.25, 0.3) is 0 Å². The smallest absolute Gasteiger partial charge is 0.305 e. The first-order valence-electron chi connectivity index (χ1n) is 20.9. The van der Waals surface area contributed by atoms with Crippen LogP contribution in [0, 0.1) is 5.92 Å². The highest BCUT2D eigenvalue weighted by Gasteiger charge is 2.12. The third kappa shape index (κ3) is 35.9. The minimum Gasteiger partial charge on any atom is -0.465 e. The second kappa shape index (κ2) is 38.7. The molecule has 2 nitrogen and oxygen atoms in total. The summed E-state index contributed by atoms with van der Waals surface area (Å²) in [4.78, 5) is 12.4. The topological polar surface area (TPSA) is 26.3 Å². The lowest BCUT2D eigenvalue weighted by molar-refractivity contribution is -0.145.